The summed E-state index contributed by atoms with van der Waals surface area (Å²) in [7, 11) is 0. The number of hydrogen-bond donors (Lipinski definition) is 2. The standard InChI is InChI=1S/C15H24N2O4/c18-9-11-6-17(7-12(10-19)20-11)8-14-13-4-2-1-3-5-15(13)21-16-14/h11-12,18-19H,1-10H2/t11-,12-/m1/s1. The molecule has 21 heavy (non-hydrogen) atoms. The Labute approximate surface area is 124 Å². The lowest BCUT2D eigenvalue weighted by Gasteiger charge is -2.36. The zero-order valence-electron chi connectivity index (χ0n) is 12.3. The number of ether oxygens (including phenoxy) is 1. The van der Waals surface area contributed by atoms with Gasteiger partial charge in [0, 0.05) is 31.6 Å². The van der Waals surface area contributed by atoms with Crippen molar-refractivity contribution in [3.63, 3.8) is 0 Å². The molecule has 0 spiro atoms. The topological polar surface area (TPSA) is 79.0 Å². The molecule has 2 aliphatic rings. The molecule has 1 fully saturated rings. The van der Waals surface area contributed by atoms with E-state index in [9.17, 15) is 10.2 Å². The van der Waals surface area contributed by atoms with Crippen molar-refractivity contribution in [3.8, 4) is 0 Å². The van der Waals surface area contributed by atoms with E-state index in [-0.39, 0.29) is 25.4 Å². The zero-order valence-corrected chi connectivity index (χ0v) is 12.3. The quantitative estimate of drug-likeness (QED) is 0.788. The van der Waals surface area contributed by atoms with E-state index in [1.807, 2.05) is 0 Å². The number of hydrogen-bond acceptors (Lipinski definition) is 6. The number of nitrogens with zero attached hydrogens (tertiary/aromatic N) is 2. The van der Waals surface area contributed by atoms with Crippen LogP contribution in [0.3, 0.4) is 0 Å². The van der Waals surface area contributed by atoms with Gasteiger partial charge >= 0.3 is 0 Å². The van der Waals surface area contributed by atoms with E-state index in [2.05, 4.69) is 10.1 Å². The van der Waals surface area contributed by atoms with Gasteiger partial charge in [0.25, 0.3) is 0 Å². The van der Waals surface area contributed by atoms with Crippen LogP contribution in [0.4, 0.5) is 0 Å². The Hall–Kier alpha value is -0.950. The molecule has 2 heterocycles. The van der Waals surface area contributed by atoms with Crippen LogP contribution in [0.1, 0.15) is 36.3 Å². The van der Waals surface area contributed by atoms with Gasteiger partial charge in [0.05, 0.1) is 25.4 Å². The molecule has 6 heteroatoms. The molecule has 0 aromatic carbocycles. The summed E-state index contributed by atoms with van der Waals surface area (Å²) < 4.78 is 11.1. The first kappa shape index (κ1) is 15.0. The smallest absolute Gasteiger partial charge is 0.140 e. The molecule has 0 saturated carbocycles. The zero-order chi connectivity index (χ0) is 14.7. The highest BCUT2D eigenvalue weighted by Crippen LogP contribution is 2.25. The minimum Gasteiger partial charge on any atom is -0.394 e. The van der Waals surface area contributed by atoms with Gasteiger partial charge in [-0.05, 0) is 19.3 Å². The Balaban J connectivity index is 1.69. The average molecular weight is 296 g/mol. The summed E-state index contributed by atoms with van der Waals surface area (Å²) in [6.45, 7) is 1.98. The number of aliphatic hydroxyl groups is 2. The number of aliphatic hydroxyl groups excluding tert-OH is 2. The lowest BCUT2D eigenvalue weighted by molar-refractivity contribution is -0.120. The van der Waals surface area contributed by atoms with Gasteiger partial charge in [0.15, 0.2) is 0 Å². The first-order valence-electron chi connectivity index (χ1n) is 7.86. The lowest BCUT2D eigenvalue weighted by atomic mass is 10.1. The van der Waals surface area contributed by atoms with Gasteiger partial charge < -0.3 is 19.5 Å². The van der Waals surface area contributed by atoms with Crippen molar-refractivity contribution in [2.24, 2.45) is 0 Å². The second-order valence-electron chi connectivity index (χ2n) is 6.03. The SMILES string of the molecule is OC[C@H]1CN(Cc2noc3c2CCCCC3)C[C@H](CO)O1. The largest absolute Gasteiger partial charge is 0.394 e. The monoisotopic (exact) mass is 296 g/mol. The van der Waals surface area contributed by atoms with Crippen LogP contribution in [-0.2, 0) is 24.1 Å². The Kier molecular flexibility index (Phi) is 4.90. The molecular formula is C15H24N2O4. The first-order chi connectivity index (χ1) is 10.3. The Morgan fingerprint density at radius 2 is 1.76 bits per heavy atom. The van der Waals surface area contributed by atoms with Crippen molar-refractivity contribution < 1.29 is 19.5 Å². The minimum atomic E-state index is -0.235. The molecule has 0 radical (unpaired) electrons. The maximum absolute atomic E-state index is 9.31. The summed E-state index contributed by atoms with van der Waals surface area (Å²) >= 11 is 0. The second kappa shape index (κ2) is 6.87. The molecule has 2 N–H and O–H groups in total. The molecule has 1 aliphatic heterocycles. The molecular weight excluding hydrogens is 272 g/mol. The van der Waals surface area contributed by atoms with Crippen molar-refractivity contribution in [1.82, 2.24) is 10.1 Å². The van der Waals surface area contributed by atoms with Gasteiger partial charge in [-0.3, -0.25) is 4.90 Å². The van der Waals surface area contributed by atoms with Crippen molar-refractivity contribution in [2.75, 3.05) is 26.3 Å². The number of rotatable bonds is 4. The van der Waals surface area contributed by atoms with Gasteiger partial charge in [0.1, 0.15) is 11.5 Å². The van der Waals surface area contributed by atoms with Gasteiger partial charge in [0.2, 0.25) is 0 Å². The van der Waals surface area contributed by atoms with Gasteiger partial charge in [-0.25, -0.2) is 0 Å². The molecule has 2 atom stereocenters. The number of aromatic nitrogens is 1. The van der Waals surface area contributed by atoms with E-state index in [0.717, 1.165) is 24.3 Å². The molecule has 1 aromatic heterocycles. The van der Waals surface area contributed by atoms with E-state index in [0.29, 0.717) is 19.6 Å². The third-order valence-electron chi connectivity index (χ3n) is 4.37. The fourth-order valence-corrected chi connectivity index (χ4v) is 3.30. The Bertz CT molecular complexity index is 451. The Morgan fingerprint density at radius 3 is 2.48 bits per heavy atom. The molecule has 118 valence electrons. The van der Waals surface area contributed by atoms with Crippen molar-refractivity contribution >= 4 is 0 Å². The van der Waals surface area contributed by atoms with Crippen LogP contribution in [0.25, 0.3) is 0 Å². The summed E-state index contributed by atoms with van der Waals surface area (Å²) in [4.78, 5) is 2.19. The van der Waals surface area contributed by atoms with Crippen molar-refractivity contribution in [3.05, 3.63) is 17.0 Å². The fraction of sp³-hybridized carbons (Fsp3) is 0.800. The lowest BCUT2D eigenvalue weighted by Crippen LogP contribution is -2.49. The van der Waals surface area contributed by atoms with E-state index in [1.54, 1.807) is 0 Å². The molecule has 0 bridgehead atoms. The maximum atomic E-state index is 9.31. The molecule has 1 aliphatic carbocycles. The summed E-state index contributed by atoms with van der Waals surface area (Å²) in [6.07, 6.45) is 5.19. The second-order valence-corrected chi connectivity index (χ2v) is 6.03. The highest BCUT2D eigenvalue weighted by atomic mass is 16.5. The third-order valence-corrected chi connectivity index (χ3v) is 4.37. The van der Waals surface area contributed by atoms with Crippen LogP contribution in [0.2, 0.25) is 0 Å². The summed E-state index contributed by atoms with van der Waals surface area (Å²) in [6, 6.07) is 0. The van der Waals surface area contributed by atoms with E-state index < -0.39 is 0 Å². The normalized spacial score (nSPS) is 27.3. The third kappa shape index (κ3) is 3.45. The molecule has 3 rings (SSSR count). The molecule has 1 saturated heterocycles. The van der Waals surface area contributed by atoms with Crippen LogP contribution >= 0.6 is 0 Å². The molecule has 0 unspecified atom stereocenters. The van der Waals surface area contributed by atoms with Crippen LogP contribution in [0, 0.1) is 0 Å². The maximum Gasteiger partial charge on any atom is 0.140 e. The van der Waals surface area contributed by atoms with E-state index >= 15 is 0 Å². The highest BCUT2D eigenvalue weighted by molar-refractivity contribution is 5.24. The average Bonchev–Trinajstić information content (AvgIpc) is 2.74. The van der Waals surface area contributed by atoms with Gasteiger partial charge in [-0.15, -0.1) is 0 Å². The molecule has 0 amide bonds. The predicted octanol–water partition coefficient (Wildman–Crippen LogP) is 0.497. The van der Waals surface area contributed by atoms with Gasteiger partial charge in [-0.1, -0.05) is 11.6 Å². The highest BCUT2D eigenvalue weighted by Gasteiger charge is 2.29. The number of aryl methyl sites for hydroxylation is 1. The van der Waals surface area contributed by atoms with E-state index in [4.69, 9.17) is 9.26 Å². The predicted molar refractivity (Wildman–Crippen MR) is 75.9 cm³/mol. The number of morpholine rings is 1. The fourth-order valence-electron chi connectivity index (χ4n) is 3.30. The van der Waals surface area contributed by atoms with Crippen LogP contribution in [0.15, 0.2) is 4.52 Å². The molecule has 6 nitrogen and oxygen atoms in total. The van der Waals surface area contributed by atoms with Crippen LogP contribution < -0.4 is 0 Å². The Morgan fingerprint density at radius 1 is 1.05 bits per heavy atom. The first-order valence-corrected chi connectivity index (χ1v) is 7.86. The summed E-state index contributed by atoms with van der Waals surface area (Å²) in [5, 5.41) is 22.9. The van der Waals surface area contributed by atoms with Crippen LogP contribution in [0.5, 0.6) is 0 Å². The van der Waals surface area contributed by atoms with Crippen molar-refractivity contribution in [1.29, 1.82) is 0 Å². The van der Waals surface area contributed by atoms with E-state index in [1.165, 1.54) is 24.8 Å². The molecule has 1 aromatic rings. The van der Waals surface area contributed by atoms with Gasteiger partial charge in [-0.2, -0.15) is 0 Å². The summed E-state index contributed by atoms with van der Waals surface area (Å²) in [5.41, 5.74) is 2.29. The minimum absolute atomic E-state index is 0.0239. The number of fused-ring (bicyclic) bond motifs is 1. The summed E-state index contributed by atoms with van der Waals surface area (Å²) in [5.74, 6) is 1.05. The van der Waals surface area contributed by atoms with Crippen LogP contribution in [-0.4, -0.2) is 58.8 Å². The van der Waals surface area contributed by atoms with Crippen molar-refractivity contribution in [2.45, 2.75) is 50.9 Å².